The van der Waals surface area contributed by atoms with Crippen LogP contribution in [0.5, 0.6) is 0 Å². The van der Waals surface area contributed by atoms with Crippen LogP contribution in [-0.4, -0.2) is 53.3 Å². The number of nitrogens with zero attached hydrogens (tertiary/aromatic N) is 2. The molecule has 0 spiro atoms. The monoisotopic (exact) mass is 275 g/mol. The fourth-order valence-electron chi connectivity index (χ4n) is 2.73. The van der Waals surface area contributed by atoms with Gasteiger partial charge in [-0.3, -0.25) is 9.59 Å². The Morgan fingerprint density at radius 1 is 1.50 bits per heavy atom. The zero-order valence-corrected chi connectivity index (χ0v) is 11.6. The third-order valence-corrected chi connectivity index (χ3v) is 3.69. The van der Waals surface area contributed by atoms with Crippen molar-refractivity contribution >= 4 is 24.2 Å². The maximum atomic E-state index is 12.3. The van der Waals surface area contributed by atoms with Crippen LogP contribution < -0.4 is 5.73 Å². The molecule has 2 amide bonds. The van der Waals surface area contributed by atoms with Crippen molar-refractivity contribution in [3.63, 3.8) is 0 Å². The smallest absolute Gasteiger partial charge is 0.245 e. The molecule has 0 saturated carbocycles. The minimum absolute atomic E-state index is 0. The van der Waals surface area contributed by atoms with Crippen molar-refractivity contribution < 1.29 is 9.59 Å². The molecule has 2 fully saturated rings. The van der Waals surface area contributed by atoms with Gasteiger partial charge < -0.3 is 15.5 Å². The molecule has 6 heteroatoms. The average Bonchev–Trinajstić information content (AvgIpc) is 2.90. The Kier molecular flexibility index (Phi) is 5.41. The Balaban J connectivity index is 0.00000162. The second-order valence-corrected chi connectivity index (χ2v) is 4.95. The van der Waals surface area contributed by atoms with Crippen LogP contribution in [0.1, 0.15) is 32.6 Å². The molecule has 0 aromatic carbocycles. The highest BCUT2D eigenvalue weighted by Crippen LogP contribution is 2.19. The van der Waals surface area contributed by atoms with E-state index in [1.165, 1.54) is 0 Å². The van der Waals surface area contributed by atoms with Gasteiger partial charge in [-0.2, -0.15) is 0 Å². The number of halogens is 1. The maximum absolute atomic E-state index is 12.3. The van der Waals surface area contributed by atoms with Gasteiger partial charge in [0.05, 0.1) is 0 Å². The van der Waals surface area contributed by atoms with Crippen molar-refractivity contribution in [2.24, 2.45) is 5.73 Å². The van der Waals surface area contributed by atoms with Crippen molar-refractivity contribution in [2.45, 2.75) is 44.7 Å². The van der Waals surface area contributed by atoms with Crippen molar-refractivity contribution in [1.29, 1.82) is 0 Å². The minimum Gasteiger partial charge on any atom is -0.339 e. The Morgan fingerprint density at radius 2 is 2.22 bits per heavy atom. The highest BCUT2D eigenvalue weighted by Gasteiger charge is 2.35. The summed E-state index contributed by atoms with van der Waals surface area (Å²) in [5.74, 6) is 0.199. The number of likely N-dealkylation sites (tertiary alicyclic amines) is 2. The van der Waals surface area contributed by atoms with Gasteiger partial charge in [0, 0.05) is 32.1 Å². The number of hydrogen-bond acceptors (Lipinski definition) is 3. The molecule has 0 aromatic rings. The first-order valence-corrected chi connectivity index (χ1v) is 6.47. The van der Waals surface area contributed by atoms with E-state index in [-0.39, 0.29) is 36.3 Å². The third kappa shape index (κ3) is 2.95. The van der Waals surface area contributed by atoms with Gasteiger partial charge in [0.25, 0.3) is 0 Å². The number of rotatable bonds is 3. The van der Waals surface area contributed by atoms with Gasteiger partial charge in [0.15, 0.2) is 0 Å². The zero-order valence-electron chi connectivity index (χ0n) is 10.8. The third-order valence-electron chi connectivity index (χ3n) is 3.69. The van der Waals surface area contributed by atoms with Crippen LogP contribution in [-0.2, 0) is 9.59 Å². The summed E-state index contributed by atoms with van der Waals surface area (Å²) in [7, 11) is 0. The summed E-state index contributed by atoms with van der Waals surface area (Å²) in [6.07, 6.45) is 3.03. The van der Waals surface area contributed by atoms with Crippen molar-refractivity contribution in [3.8, 4) is 0 Å². The quantitative estimate of drug-likeness (QED) is 0.809. The zero-order chi connectivity index (χ0) is 12.4. The Bertz CT molecular complexity index is 324. The molecular weight excluding hydrogens is 254 g/mol. The topological polar surface area (TPSA) is 66.6 Å². The van der Waals surface area contributed by atoms with E-state index in [0.717, 1.165) is 25.9 Å². The van der Waals surface area contributed by atoms with E-state index in [9.17, 15) is 9.59 Å². The maximum Gasteiger partial charge on any atom is 0.245 e. The molecule has 0 aromatic heterocycles. The van der Waals surface area contributed by atoms with Crippen LogP contribution in [0.25, 0.3) is 0 Å². The van der Waals surface area contributed by atoms with E-state index in [1.807, 2.05) is 11.8 Å². The Labute approximate surface area is 114 Å². The van der Waals surface area contributed by atoms with Gasteiger partial charge in [-0.05, 0) is 19.3 Å². The molecule has 2 heterocycles. The second-order valence-electron chi connectivity index (χ2n) is 4.95. The van der Waals surface area contributed by atoms with E-state index < -0.39 is 0 Å². The molecule has 2 atom stereocenters. The van der Waals surface area contributed by atoms with E-state index >= 15 is 0 Å². The number of hydrogen-bond donors (Lipinski definition) is 1. The summed E-state index contributed by atoms with van der Waals surface area (Å²) < 4.78 is 0. The molecule has 0 bridgehead atoms. The molecule has 0 radical (unpaired) electrons. The molecule has 104 valence electrons. The van der Waals surface area contributed by atoms with E-state index in [1.54, 1.807) is 4.90 Å². The lowest BCUT2D eigenvalue weighted by atomic mass is 10.1. The van der Waals surface area contributed by atoms with Crippen LogP contribution in [0.4, 0.5) is 0 Å². The van der Waals surface area contributed by atoms with E-state index in [0.29, 0.717) is 19.4 Å². The van der Waals surface area contributed by atoms with Gasteiger partial charge in [-0.25, -0.2) is 0 Å². The molecule has 2 saturated heterocycles. The van der Waals surface area contributed by atoms with Crippen LogP contribution >= 0.6 is 12.4 Å². The van der Waals surface area contributed by atoms with Crippen LogP contribution in [0.15, 0.2) is 0 Å². The first kappa shape index (κ1) is 15.2. The molecule has 0 aliphatic carbocycles. The van der Waals surface area contributed by atoms with Gasteiger partial charge in [-0.15, -0.1) is 12.4 Å². The normalized spacial score (nSPS) is 25.2. The fraction of sp³-hybridized carbons (Fsp3) is 0.833. The van der Waals surface area contributed by atoms with E-state index in [2.05, 4.69) is 0 Å². The second kappa shape index (κ2) is 6.38. The summed E-state index contributed by atoms with van der Waals surface area (Å²) >= 11 is 0. The predicted octanol–water partition coefficient (Wildman–Crippen LogP) is 0.369. The fourth-order valence-corrected chi connectivity index (χ4v) is 2.73. The summed E-state index contributed by atoms with van der Waals surface area (Å²) in [5, 5.41) is 0. The molecule has 18 heavy (non-hydrogen) atoms. The average molecular weight is 276 g/mol. The van der Waals surface area contributed by atoms with Gasteiger partial charge in [0.2, 0.25) is 11.8 Å². The first-order valence-electron chi connectivity index (χ1n) is 6.47. The molecule has 2 aliphatic heterocycles. The SMILES string of the molecule is CCC(C(=O)N1CC[C@@H](N)C1)N1CCCC1=O.Cl. The van der Waals surface area contributed by atoms with Crippen molar-refractivity contribution in [3.05, 3.63) is 0 Å². The first-order chi connectivity index (χ1) is 8.13. The molecule has 1 unspecified atom stereocenters. The van der Waals surface area contributed by atoms with Crippen LogP contribution in [0.3, 0.4) is 0 Å². The lowest BCUT2D eigenvalue weighted by molar-refractivity contribution is -0.143. The number of carbonyl (C=O) groups excluding carboxylic acids is 2. The molecule has 2 aliphatic rings. The van der Waals surface area contributed by atoms with Crippen molar-refractivity contribution in [1.82, 2.24) is 9.80 Å². The highest BCUT2D eigenvalue weighted by molar-refractivity contribution is 5.88. The summed E-state index contributed by atoms with van der Waals surface area (Å²) in [5.41, 5.74) is 5.81. The van der Waals surface area contributed by atoms with Crippen LogP contribution in [0, 0.1) is 0 Å². The standard InChI is InChI=1S/C12H21N3O2.ClH/c1-2-10(15-6-3-4-11(15)16)12(17)14-7-5-9(13)8-14;/h9-10H,2-8,13H2,1H3;1H/t9-,10?;/m1./s1. The summed E-state index contributed by atoms with van der Waals surface area (Å²) in [6.45, 7) is 4.06. The Morgan fingerprint density at radius 3 is 2.67 bits per heavy atom. The number of nitrogens with two attached hydrogens (primary N) is 1. The Hall–Kier alpha value is -0.810. The largest absolute Gasteiger partial charge is 0.339 e. The summed E-state index contributed by atoms with van der Waals surface area (Å²) in [6, 6.07) is -0.166. The summed E-state index contributed by atoms with van der Waals surface area (Å²) in [4.78, 5) is 27.6. The molecule has 2 N–H and O–H groups in total. The molecule has 5 nitrogen and oxygen atoms in total. The van der Waals surface area contributed by atoms with Crippen LogP contribution in [0.2, 0.25) is 0 Å². The van der Waals surface area contributed by atoms with Crippen molar-refractivity contribution in [2.75, 3.05) is 19.6 Å². The highest BCUT2D eigenvalue weighted by atomic mass is 35.5. The minimum atomic E-state index is -0.268. The molecule has 2 rings (SSSR count). The number of carbonyl (C=O) groups is 2. The lowest BCUT2D eigenvalue weighted by Crippen LogP contribution is -2.48. The lowest BCUT2D eigenvalue weighted by Gasteiger charge is -2.29. The van der Waals surface area contributed by atoms with Gasteiger partial charge in [0.1, 0.15) is 6.04 Å². The van der Waals surface area contributed by atoms with Gasteiger partial charge in [-0.1, -0.05) is 6.92 Å². The van der Waals surface area contributed by atoms with Gasteiger partial charge >= 0.3 is 0 Å². The van der Waals surface area contributed by atoms with E-state index in [4.69, 9.17) is 5.73 Å². The number of amides is 2. The predicted molar refractivity (Wildman–Crippen MR) is 71.4 cm³/mol. The molecular formula is C12H22ClN3O2.